The molecule has 0 bridgehead atoms. The minimum atomic E-state index is -0.960. The van der Waals surface area contributed by atoms with Crippen LogP contribution in [-0.2, 0) is 6.42 Å². The summed E-state index contributed by atoms with van der Waals surface area (Å²) in [6, 6.07) is 7.82. The van der Waals surface area contributed by atoms with Crippen molar-refractivity contribution in [3.8, 4) is 11.3 Å². The van der Waals surface area contributed by atoms with Gasteiger partial charge in [0.2, 0.25) is 0 Å². The predicted octanol–water partition coefficient (Wildman–Crippen LogP) is 4.11. The molecule has 0 spiro atoms. The van der Waals surface area contributed by atoms with Crippen LogP contribution < -0.4 is 11.1 Å². The summed E-state index contributed by atoms with van der Waals surface area (Å²) in [6.45, 7) is 0.318. The minimum absolute atomic E-state index is 0.177. The predicted molar refractivity (Wildman–Crippen MR) is 107 cm³/mol. The van der Waals surface area contributed by atoms with Crippen molar-refractivity contribution >= 4 is 27.4 Å². The molecule has 4 aromatic rings. The molecule has 2 heterocycles. The van der Waals surface area contributed by atoms with Gasteiger partial charge in [-0.2, -0.15) is 0 Å². The lowest BCUT2D eigenvalue weighted by molar-refractivity contribution is 0.143. The molecule has 0 aliphatic heterocycles. The summed E-state index contributed by atoms with van der Waals surface area (Å²) in [5.41, 5.74) is 7.63. The van der Waals surface area contributed by atoms with Crippen LogP contribution in [0, 0.1) is 17.5 Å². The van der Waals surface area contributed by atoms with Crippen molar-refractivity contribution in [2.75, 3.05) is 12.3 Å². The maximum absolute atomic E-state index is 14.3. The Labute approximate surface area is 168 Å². The van der Waals surface area contributed by atoms with E-state index in [-0.39, 0.29) is 5.52 Å². The van der Waals surface area contributed by atoms with Crippen LogP contribution in [-0.4, -0.2) is 21.6 Å². The number of aromatic nitrogens is 2. The summed E-state index contributed by atoms with van der Waals surface area (Å²) in [4.78, 5) is 7.45. The van der Waals surface area contributed by atoms with E-state index >= 15 is 0 Å². The number of aromatic amines is 1. The first-order valence-electron chi connectivity index (χ1n) is 8.80. The summed E-state index contributed by atoms with van der Waals surface area (Å²) < 4.78 is 41.4. The molecule has 0 aliphatic rings. The number of aliphatic hydroxyl groups is 1. The number of anilines is 1. The lowest BCUT2D eigenvalue weighted by Crippen LogP contribution is -2.22. The number of fused-ring (bicyclic) bond motifs is 1. The van der Waals surface area contributed by atoms with Gasteiger partial charge in [-0.25, -0.2) is 18.2 Å². The van der Waals surface area contributed by atoms with Crippen LogP contribution in [0.15, 0.2) is 42.6 Å². The zero-order valence-corrected chi connectivity index (χ0v) is 15.9. The van der Waals surface area contributed by atoms with E-state index in [4.69, 9.17) is 5.73 Å². The standard InChI is InChI=1S/C20H17F3N4OS/c21-11-3-1-10(2-4-11)17-13(14-7-12(22)8-15(23)18(14)27-17)5-6-25-19(28)16-9-26-20(24)29-16/h1-4,7-9,19,25,27-28H,5-6H2,(H2,24,26). The topological polar surface area (TPSA) is 87.0 Å². The Bertz CT molecular complexity index is 1160. The number of thiazole rings is 1. The first-order valence-corrected chi connectivity index (χ1v) is 9.62. The molecule has 9 heteroatoms. The SMILES string of the molecule is Nc1ncc(C(O)NCCc2c(-c3ccc(F)cc3)[nH]c3c(F)cc(F)cc23)s1. The summed E-state index contributed by atoms with van der Waals surface area (Å²) >= 11 is 1.16. The number of nitrogens with zero attached hydrogens (tertiary/aromatic N) is 1. The van der Waals surface area contributed by atoms with E-state index in [1.165, 1.54) is 24.4 Å². The molecule has 0 saturated heterocycles. The van der Waals surface area contributed by atoms with Crippen LogP contribution in [0.1, 0.15) is 16.7 Å². The lowest BCUT2D eigenvalue weighted by atomic mass is 10.0. The number of rotatable bonds is 6. The van der Waals surface area contributed by atoms with E-state index in [0.29, 0.717) is 45.2 Å². The number of aliphatic hydroxyl groups excluding tert-OH is 1. The van der Waals surface area contributed by atoms with Crippen molar-refractivity contribution in [3.05, 3.63) is 70.5 Å². The van der Waals surface area contributed by atoms with Gasteiger partial charge in [-0.05, 0) is 47.9 Å². The van der Waals surface area contributed by atoms with Crippen LogP contribution in [0.5, 0.6) is 0 Å². The summed E-state index contributed by atoms with van der Waals surface area (Å²) in [5, 5.41) is 13.9. The van der Waals surface area contributed by atoms with Crippen LogP contribution in [0.4, 0.5) is 18.3 Å². The monoisotopic (exact) mass is 418 g/mol. The molecular formula is C20H17F3N4OS. The number of H-pyrrole nitrogens is 1. The Morgan fingerprint density at radius 1 is 1.14 bits per heavy atom. The summed E-state index contributed by atoms with van der Waals surface area (Å²) in [5.74, 6) is -1.78. The molecule has 1 unspecified atom stereocenters. The van der Waals surface area contributed by atoms with Gasteiger partial charge in [-0.1, -0.05) is 11.3 Å². The number of nitrogens with one attached hydrogen (secondary N) is 2. The van der Waals surface area contributed by atoms with Crippen molar-refractivity contribution in [2.24, 2.45) is 0 Å². The van der Waals surface area contributed by atoms with Crippen LogP contribution in [0.3, 0.4) is 0 Å². The highest BCUT2D eigenvalue weighted by atomic mass is 32.1. The van der Waals surface area contributed by atoms with E-state index < -0.39 is 23.7 Å². The number of nitrogens with two attached hydrogens (primary N) is 1. The number of benzene rings is 2. The van der Waals surface area contributed by atoms with Crippen molar-refractivity contribution < 1.29 is 18.3 Å². The molecule has 0 saturated carbocycles. The van der Waals surface area contributed by atoms with Crippen LogP contribution in [0.25, 0.3) is 22.2 Å². The second-order valence-electron chi connectivity index (χ2n) is 6.50. The van der Waals surface area contributed by atoms with Gasteiger partial charge in [0.05, 0.1) is 10.4 Å². The van der Waals surface area contributed by atoms with Gasteiger partial charge >= 0.3 is 0 Å². The Morgan fingerprint density at radius 2 is 1.90 bits per heavy atom. The van der Waals surface area contributed by atoms with Crippen molar-refractivity contribution in [2.45, 2.75) is 12.6 Å². The zero-order valence-electron chi connectivity index (χ0n) is 15.0. The molecule has 0 amide bonds. The molecule has 1 atom stereocenters. The van der Waals surface area contributed by atoms with Crippen molar-refractivity contribution in [1.29, 1.82) is 0 Å². The third-order valence-corrected chi connectivity index (χ3v) is 5.47. The lowest BCUT2D eigenvalue weighted by Gasteiger charge is -2.11. The van der Waals surface area contributed by atoms with Gasteiger partial charge in [0.25, 0.3) is 0 Å². The fraction of sp³-hybridized carbons (Fsp3) is 0.150. The largest absolute Gasteiger partial charge is 0.375 e. The molecule has 0 radical (unpaired) electrons. The van der Waals surface area contributed by atoms with Crippen LogP contribution >= 0.6 is 11.3 Å². The highest BCUT2D eigenvalue weighted by molar-refractivity contribution is 7.15. The van der Waals surface area contributed by atoms with E-state index in [0.717, 1.165) is 17.4 Å². The van der Waals surface area contributed by atoms with E-state index in [1.54, 1.807) is 12.1 Å². The molecular weight excluding hydrogens is 401 g/mol. The Morgan fingerprint density at radius 3 is 2.59 bits per heavy atom. The highest BCUT2D eigenvalue weighted by Crippen LogP contribution is 2.33. The quantitative estimate of drug-likeness (QED) is 0.355. The fourth-order valence-corrected chi connectivity index (χ4v) is 3.91. The zero-order chi connectivity index (χ0) is 20.5. The minimum Gasteiger partial charge on any atom is -0.375 e. The van der Waals surface area contributed by atoms with Gasteiger partial charge in [-0.15, -0.1) is 0 Å². The molecule has 29 heavy (non-hydrogen) atoms. The average Bonchev–Trinajstić information content (AvgIpc) is 3.27. The maximum Gasteiger partial charge on any atom is 0.180 e. The van der Waals surface area contributed by atoms with E-state index in [9.17, 15) is 18.3 Å². The number of halogens is 3. The second kappa shape index (κ2) is 7.86. The molecule has 5 N–H and O–H groups in total. The third kappa shape index (κ3) is 3.98. The Hall–Kier alpha value is -2.88. The third-order valence-electron chi connectivity index (χ3n) is 4.59. The van der Waals surface area contributed by atoms with Gasteiger partial charge in [0.15, 0.2) is 5.13 Å². The molecule has 4 rings (SSSR count). The number of hydrogen-bond donors (Lipinski definition) is 4. The Kier molecular flexibility index (Phi) is 5.27. The molecule has 5 nitrogen and oxygen atoms in total. The highest BCUT2D eigenvalue weighted by Gasteiger charge is 2.18. The number of nitrogen functional groups attached to an aromatic ring is 1. The van der Waals surface area contributed by atoms with Crippen LogP contribution in [0.2, 0.25) is 0 Å². The molecule has 150 valence electrons. The van der Waals surface area contributed by atoms with Crippen molar-refractivity contribution in [1.82, 2.24) is 15.3 Å². The molecule has 0 fully saturated rings. The van der Waals surface area contributed by atoms with Gasteiger partial charge < -0.3 is 15.8 Å². The van der Waals surface area contributed by atoms with Gasteiger partial charge in [0, 0.05) is 29.9 Å². The molecule has 2 aromatic carbocycles. The van der Waals surface area contributed by atoms with Gasteiger partial charge in [0.1, 0.15) is 23.7 Å². The second-order valence-corrected chi connectivity index (χ2v) is 7.60. The summed E-state index contributed by atoms with van der Waals surface area (Å²) in [6.07, 6.45) is 0.886. The van der Waals surface area contributed by atoms with Gasteiger partial charge in [-0.3, -0.25) is 5.32 Å². The smallest absolute Gasteiger partial charge is 0.180 e. The number of hydrogen-bond acceptors (Lipinski definition) is 5. The van der Waals surface area contributed by atoms with E-state index in [1.807, 2.05) is 0 Å². The normalized spacial score (nSPS) is 12.6. The maximum atomic E-state index is 14.3. The molecule has 2 aromatic heterocycles. The average molecular weight is 418 g/mol. The Balaban J connectivity index is 1.65. The first kappa shape index (κ1) is 19.4. The molecule has 0 aliphatic carbocycles. The summed E-state index contributed by atoms with van der Waals surface area (Å²) in [7, 11) is 0. The first-order chi connectivity index (χ1) is 13.9. The van der Waals surface area contributed by atoms with E-state index in [2.05, 4.69) is 15.3 Å². The van der Waals surface area contributed by atoms with Crippen molar-refractivity contribution in [3.63, 3.8) is 0 Å². The fourth-order valence-electron chi connectivity index (χ4n) is 3.26.